The minimum absolute atomic E-state index is 0.114. The van der Waals surface area contributed by atoms with Crippen molar-refractivity contribution in [2.45, 2.75) is 26.3 Å². The van der Waals surface area contributed by atoms with Gasteiger partial charge in [-0.2, -0.15) is 9.97 Å². The Balaban J connectivity index is 2.77. The van der Waals surface area contributed by atoms with Crippen LogP contribution in [-0.2, 0) is 5.54 Å². The van der Waals surface area contributed by atoms with Gasteiger partial charge in [0.15, 0.2) is 11.2 Å². The third kappa shape index (κ3) is 1.71. The first kappa shape index (κ1) is 11.1. The van der Waals surface area contributed by atoms with E-state index in [9.17, 15) is 0 Å². The standard InChI is InChI=1S/C10H13ClN4O/c1-10(2,3)15-5-12-6-7(15)13-9(11)14-8(6)16-4/h5H,1-4H3. The van der Waals surface area contributed by atoms with Crippen molar-refractivity contribution in [1.82, 2.24) is 19.5 Å². The molecule has 0 N–H and O–H groups in total. The van der Waals surface area contributed by atoms with E-state index in [1.165, 1.54) is 7.11 Å². The van der Waals surface area contributed by atoms with Gasteiger partial charge < -0.3 is 9.30 Å². The molecule has 0 aliphatic carbocycles. The van der Waals surface area contributed by atoms with Gasteiger partial charge in [0.2, 0.25) is 11.2 Å². The Labute approximate surface area is 98.4 Å². The van der Waals surface area contributed by atoms with Gasteiger partial charge in [-0.25, -0.2) is 4.98 Å². The molecule has 0 aliphatic heterocycles. The van der Waals surface area contributed by atoms with E-state index in [0.29, 0.717) is 17.0 Å². The van der Waals surface area contributed by atoms with E-state index in [-0.39, 0.29) is 10.8 Å². The lowest BCUT2D eigenvalue weighted by Gasteiger charge is -2.20. The Morgan fingerprint density at radius 1 is 1.31 bits per heavy atom. The van der Waals surface area contributed by atoms with Crippen LogP contribution in [0.15, 0.2) is 6.33 Å². The van der Waals surface area contributed by atoms with Gasteiger partial charge in [0.1, 0.15) is 0 Å². The minimum Gasteiger partial charge on any atom is -0.479 e. The highest BCUT2D eigenvalue weighted by molar-refractivity contribution is 6.28. The summed E-state index contributed by atoms with van der Waals surface area (Å²) < 4.78 is 7.07. The fourth-order valence-electron chi connectivity index (χ4n) is 1.48. The average Bonchev–Trinajstić information content (AvgIpc) is 2.58. The molecule has 5 nitrogen and oxygen atoms in total. The molecule has 6 heteroatoms. The summed E-state index contributed by atoms with van der Waals surface area (Å²) in [5, 5.41) is 0.162. The van der Waals surface area contributed by atoms with Gasteiger partial charge >= 0.3 is 0 Å². The topological polar surface area (TPSA) is 52.8 Å². The first-order valence-corrected chi connectivity index (χ1v) is 5.26. The van der Waals surface area contributed by atoms with Gasteiger partial charge in [0.05, 0.1) is 13.4 Å². The molecule has 0 saturated carbocycles. The largest absolute Gasteiger partial charge is 0.479 e. The normalized spacial score (nSPS) is 12.1. The molecule has 16 heavy (non-hydrogen) atoms. The number of methoxy groups -OCH3 is 1. The molecule has 0 amide bonds. The molecule has 2 rings (SSSR count). The molecule has 0 spiro atoms. The lowest BCUT2D eigenvalue weighted by atomic mass is 10.1. The first-order chi connectivity index (χ1) is 7.43. The number of fused-ring (bicyclic) bond motifs is 1. The number of imidazole rings is 1. The molecular formula is C10H13ClN4O. The molecule has 0 unspecified atom stereocenters. The van der Waals surface area contributed by atoms with Crippen LogP contribution in [0.5, 0.6) is 5.88 Å². The predicted molar refractivity (Wildman–Crippen MR) is 61.9 cm³/mol. The fourth-order valence-corrected chi connectivity index (χ4v) is 1.64. The van der Waals surface area contributed by atoms with Crippen molar-refractivity contribution in [2.75, 3.05) is 7.11 Å². The van der Waals surface area contributed by atoms with Crippen LogP contribution < -0.4 is 4.74 Å². The quantitative estimate of drug-likeness (QED) is 0.718. The van der Waals surface area contributed by atoms with Crippen LogP contribution in [0.3, 0.4) is 0 Å². The van der Waals surface area contributed by atoms with E-state index in [0.717, 1.165) is 0 Å². The molecule has 0 bridgehead atoms. The van der Waals surface area contributed by atoms with Gasteiger partial charge in [0, 0.05) is 5.54 Å². The van der Waals surface area contributed by atoms with E-state index in [1.54, 1.807) is 6.33 Å². The summed E-state index contributed by atoms with van der Waals surface area (Å²) >= 11 is 5.84. The minimum atomic E-state index is -0.114. The molecule has 0 atom stereocenters. The Kier molecular flexibility index (Phi) is 2.50. The molecule has 0 saturated heterocycles. The Morgan fingerprint density at radius 3 is 2.56 bits per heavy atom. The third-order valence-electron chi connectivity index (χ3n) is 2.25. The summed E-state index contributed by atoms with van der Waals surface area (Å²) in [6.45, 7) is 6.20. The summed E-state index contributed by atoms with van der Waals surface area (Å²) in [4.78, 5) is 12.4. The van der Waals surface area contributed by atoms with Crippen molar-refractivity contribution < 1.29 is 4.74 Å². The van der Waals surface area contributed by atoms with E-state index < -0.39 is 0 Å². The number of hydrogen-bond acceptors (Lipinski definition) is 4. The smallest absolute Gasteiger partial charge is 0.246 e. The van der Waals surface area contributed by atoms with Crippen molar-refractivity contribution in [3.8, 4) is 5.88 Å². The van der Waals surface area contributed by atoms with Crippen LogP contribution in [-0.4, -0.2) is 26.6 Å². The number of nitrogens with zero attached hydrogens (tertiary/aromatic N) is 4. The summed E-state index contributed by atoms with van der Waals surface area (Å²) in [6.07, 6.45) is 1.72. The SMILES string of the molecule is COc1nc(Cl)nc2c1ncn2C(C)(C)C. The predicted octanol–water partition coefficient (Wildman–Crippen LogP) is 2.24. The van der Waals surface area contributed by atoms with Crippen LogP contribution in [0, 0.1) is 0 Å². The highest BCUT2D eigenvalue weighted by atomic mass is 35.5. The second-order valence-corrected chi connectivity index (χ2v) is 4.80. The van der Waals surface area contributed by atoms with Crippen molar-refractivity contribution in [3.63, 3.8) is 0 Å². The summed E-state index contributed by atoms with van der Waals surface area (Å²) in [5.41, 5.74) is 1.20. The third-order valence-corrected chi connectivity index (χ3v) is 2.42. The van der Waals surface area contributed by atoms with Crippen LogP contribution in [0.1, 0.15) is 20.8 Å². The molecule has 0 aromatic carbocycles. The lowest BCUT2D eigenvalue weighted by Crippen LogP contribution is -2.21. The average molecular weight is 241 g/mol. The molecule has 2 heterocycles. The molecule has 0 radical (unpaired) electrons. The zero-order chi connectivity index (χ0) is 11.9. The molecule has 2 aromatic rings. The number of rotatable bonds is 1. The van der Waals surface area contributed by atoms with Crippen molar-refractivity contribution in [1.29, 1.82) is 0 Å². The van der Waals surface area contributed by atoms with Gasteiger partial charge in [0.25, 0.3) is 0 Å². The summed E-state index contributed by atoms with van der Waals surface area (Å²) in [5.74, 6) is 0.401. The monoisotopic (exact) mass is 240 g/mol. The Bertz CT molecular complexity index is 529. The molecule has 2 aromatic heterocycles. The second kappa shape index (κ2) is 3.59. The van der Waals surface area contributed by atoms with Crippen LogP contribution in [0.2, 0.25) is 5.28 Å². The van der Waals surface area contributed by atoms with Crippen LogP contribution >= 0.6 is 11.6 Å². The first-order valence-electron chi connectivity index (χ1n) is 4.88. The number of halogens is 1. The second-order valence-electron chi connectivity index (χ2n) is 4.46. The summed E-state index contributed by atoms with van der Waals surface area (Å²) in [7, 11) is 1.54. The zero-order valence-corrected chi connectivity index (χ0v) is 10.4. The summed E-state index contributed by atoms with van der Waals surface area (Å²) in [6, 6.07) is 0. The van der Waals surface area contributed by atoms with E-state index >= 15 is 0 Å². The highest BCUT2D eigenvalue weighted by Gasteiger charge is 2.20. The maximum Gasteiger partial charge on any atom is 0.246 e. The van der Waals surface area contributed by atoms with Gasteiger partial charge in [-0.15, -0.1) is 0 Å². The highest BCUT2D eigenvalue weighted by Crippen LogP contribution is 2.26. The van der Waals surface area contributed by atoms with Crippen LogP contribution in [0.25, 0.3) is 11.2 Å². The van der Waals surface area contributed by atoms with Crippen molar-refractivity contribution in [3.05, 3.63) is 11.6 Å². The van der Waals surface area contributed by atoms with Crippen molar-refractivity contribution in [2.24, 2.45) is 0 Å². The van der Waals surface area contributed by atoms with Crippen LogP contribution in [0.4, 0.5) is 0 Å². The fraction of sp³-hybridized carbons (Fsp3) is 0.500. The van der Waals surface area contributed by atoms with E-state index in [1.807, 2.05) is 4.57 Å². The molecule has 0 fully saturated rings. The number of hydrogen-bond donors (Lipinski definition) is 0. The van der Waals surface area contributed by atoms with Gasteiger partial charge in [-0.3, -0.25) is 0 Å². The lowest BCUT2D eigenvalue weighted by molar-refractivity contribution is 0.399. The van der Waals surface area contributed by atoms with Gasteiger partial charge in [-0.1, -0.05) is 0 Å². The number of ether oxygens (including phenoxy) is 1. The molecule has 86 valence electrons. The maximum absolute atomic E-state index is 5.84. The Morgan fingerprint density at radius 2 is 2.00 bits per heavy atom. The number of aromatic nitrogens is 4. The zero-order valence-electron chi connectivity index (χ0n) is 9.65. The Hall–Kier alpha value is -1.36. The van der Waals surface area contributed by atoms with Gasteiger partial charge in [-0.05, 0) is 32.4 Å². The molecular weight excluding hydrogens is 228 g/mol. The molecule has 0 aliphatic rings. The van der Waals surface area contributed by atoms with E-state index in [4.69, 9.17) is 16.3 Å². The maximum atomic E-state index is 5.84. The van der Waals surface area contributed by atoms with E-state index in [2.05, 4.69) is 35.7 Å². The van der Waals surface area contributed by atoms with Crippen molar-refractivity contribution >= 4 is 22.8 Å².